The van der Waals surface area contributed by atoms with E-state index in [1.54, 1.807) is 13.8 Å². The second kappa shape index (κ2) is 5.47. The first-order valence-corrected chi connectivity index (χ1v) is 7.94. The second-order valence-electron chi connectivity index (χ2n) is 7.04. The summed E-state index contributed by atoms with van der Waals surface area (Å²) in [5.41, 5.74) is -0.623. The van der Waals surface area contributed by atoms with Gasteiger partial charge in [0.15, 0.2) is 12.2 Å². The molecule has 128 valence electrons. The largest absolute Gasteiger partial charge is 0.469 e. The van der Waals surface area contributed by atoms with Crippen LogP contribution >= 0.6 is 0 Å². The van der Waals surface area contributed by atoms with Crippen LogP contribution in [0, 0.1) is 17.3 Å². The third-order valence-electron chi connectivity index (χ3n) is 5.36. The Bertz CT molecular complexity index is 541. The van der Waals surface area contributed by atoms with E-state index in [2.05, 4.69) is 0 Å². The number of esters is 3. The minimum absolute atomic E-state index is 0.0510. The van der Waals surface area contributed by atoms with Gasteiger partial charge in [0.2, 0.25) is 0 Å². The normalized spacial score (nSPS) is 37.7. The molecule has 0 amide bonds. The van der Waals surface area contributed by atoms with Crippen molar-refractivity contribution in [1.82, 2.24) is 0 Å². The molecule has 6 atom stereocenters. The van der Waals surface area contributed by atoms with Gasteiger partial charge in [-0.15, -0.1) is 0 Å². The standard InChI is InChI=1S/C16H22O7/c1-5-16(2,3)15(19)23-12-10-7(6-8(17)20-4)9-11(21-10)13(12)22-14(9)18/h7,9-13H,5-6H2,1-4H3. The molecule has 3 heterocycles. The summed E-state index contributed by atoms with van der Waals surface area (Å²) in [4.78, 5) is 36.0. The highest BCUT2D eigenvalue weighted by Gasteiger charge is 2.70. The number of fused-ring (bicyclic) bond motifs is 1. The van der Waals surface area contributed by atoms with E-state index in [4.69, 9.17) is 18.9 Å². The summed E-state index contributed by atoms with van der Waals surface area (Å²) in [5, 5.41) is 0. The quantitative estimate of drug-likeness (QED) is 0.546. The molecule has 0 saturated carbocycles. The van der Waals surface area contributed by atoms with Crippen molar-refractivity contribution in [1.29, 1.82) is 0 Å². The average Bonchev–Trinajstić information content (AvgIpc) is 3.11. The molecular formula is C16H22O7. The van der Waals surface area contributed by atoms with Gasteiger partial charge >= 0.3 is 17.9 Å². The maximum absolute atomic E-state index is 12.4. The highest BCUT2D eigenvalue weighted by molar-refractivity contribution is 5.80. The van der Waals surface area contributed by atoms with Crippen molar-refractivity contribution in [3.05, 3.63) is 0 Å². The van der Waals surface area contributed by atoms with Crippen LogP contribution in [-0.4, -0.2) is 49.4 Å². The molecule has 3 aliphatic heterocycles. The van der Waals surface area contributed by atoms with Gasteiger partial charge in [0.25, 0.3) is 0 Å². The summed E-state index contributed by atoms with van der Waals surface area (Å²) < 4.78 is 21.5. The molecule has 7 heteroatoms. The van der Waals surface area contributed by atoms with E-state index in [1.807, 2.05) is 6.92 Å². The van der Waals surface area contributed by atoms with Crippen LogP contribution in [-0.2, 0) is 33.3 Å². The van der Waals surface area contributed by atoms with Crippen molar-refractivity contribution < 1.29 is 33.3 Å². The molecule has 0 aromatic rings. The topological polar surface area (TPSA) is 88.1 Å². The van der Waals surface area contributed by atoms with E-state index >= 15 is 0 Å². The van der Waals surface area contributed by atoms with Crippen LogP contribution in [0.15, 0.2) is 0 Å². The Morgan fingerprint density at radius 1 is 1.22 bits per heavy atom. The lowest BCUT2D eigenvalue weighted by Crippen LogP contribution is -2.47. The zero-order valence-electron chi connectivity index (χ0n) is 13.7. The van der Waals surface area contributed by atoms with Crippen molar-refractivity contribution in [2.45, 2.75) is 58.0 Å². The van der Waals surface area contributed by atoms with Crippen LogP contribution in [0.5, 0.6) is 0 Å². The third-order valence-corrected chi connectivity index (χ3v) is 5.36. The first-order chi connectivity index (χ1) is 10.8. The lowest BCUT2D eigenvalue weighted by atomic mass is 9.76. The van der Waals surface area contributed by atoms with Crippen LogP contribution in [0.3, 0.4) is 0 Å². The molecule has 0 N–H and O–H groups in total. The van der Waals surface area contributed by atoms with Crippen molar-refractivity contribution in [2.75, 3.05) is 7.11 Å². The molecule has 7 nitrogen and oxygen atoms in total. The molecule has 0 aromatic carbocycles. The summed E-state index contributed by atoms with van der Waals surface area (Å²) in [6.07, 6.45) is -1.48. The van der Waals surface area contributed by atoms with E-state index in [1.165, 1.54) is 7.11 Å². The first-order valence-electron chi connectivity index (χ1n) is 7.94. The molecule has 6 unspecified atom stereocenters. The molecule has 0 spiro atoms. The first kappa shape index (κ1) is 16.2. The fraction of sp³-hybridized carbons (Fsp3) is 0.812. The predicted molar refractivity (Wildman–Crippen MR) is 76.1 cm³/mol. The lowest BCUT2D eigenvalue weighted by molar-refractivity contribution is -0.170. The van der Waals surface area contributed by atoms with Gasteiger partial charge in [-0.2, -0.15) is 0 Å². The zero-order valence-corrected chi connectivity index (χ0v) is 13.7. The Morgan fingerprint density at radius 2 is 1.91 bits per heavy atom. The Hall–Kier alpha value is -1.63. The van der Waals surface area contributed by atoms with Gasteiger partial charge < -0.3 is 18.9 Å². The SMILES string of the molecule is CCC(C)(C)C(=O)OC1C2OC3C1OC(=O)C3C2CC(=O)OC. The fourth-order valence-corrected chi connectivity index (χ4v) is 3.53. The Labute approximate surface area is 134 Å². The van der Waals surface area contributed by atoms with Crippen molar-refractivity contribution >= 4 is 17.9 Å². The van der Waals surface area contributed by atoms with E-state index in [-0.39, 0.29) is 24.3 Å². The van der Waals surface area contributed by atoms with Gasteiger partial charge in [-0.05, 0) is 20.3 Å². The van der Waals surface area contributed by atoms with E-state index in [0.717, 1.165) is 0 Å². The zero-order chi connectivity index (χ0) is 16.9. The van der Waals surface area contributed by atoms with Crippen LogP contribution in [0.2, 0.25) is 0 Å². The molecule has 2 bridgehead atoms. The van der Waals surface area contributed by atoms with E-state index in [0.29, 0.717) is 6.42 Å². The summed E-state index contributed by atoms with van der Waals surface area (Å²) in [6.45, 7) is 5.52. The number of ether oxygens (including phenoxy) is 4. The summed E-state index contributed by atoms with van der Waals surface area (Å²) in [5.74, 6) is -2.00. The van der Waals surface area contributed by atoms with E-state index in [9.17, 15) is 14.4 Å². The van der Waals surface area contributed by atoms with Gasteiger partial charge in [0.1, 0.15) is 12.2 Å². The lowest BCUT2D eigenvalue weighted by Gasteiger charge is -2.30. The number of methoxy groups -OCH3 is 1. The number of carbonyl (C=O) groups excluding carboxylic acids is 3. The minimum Gasteiger partial charge on any atom is -0.469 e. The Morgan fingerprint density at radius 3 is 2.52 bits per heavy atom. The van der Waals surface area contributed by atoms with Crippen molar-refractivity contribution in [3.63, 3.8) is 0 Å². The van der Waals surface area contributed by atoms with Crippen LogP contribution < -0.4 is 0 Å². The Balaban J connectivity index is 1.79. The summed E-state index contributed by atoms with van der Waals surface area (Å²) in [6, 6.07) is 0. The van der Waals surface area contributed by atoms with Gasteiger partial charge in [0, 0.05) is 5.92 Å². The van der Waals surface area contributed by atoms with Crippen molar-refractivity contribution in [3.8, 4) is 0 Å². The molecule has 3 rings (SSSR count). The van der Waals surface area contributed by atoms with Gasteiger partial charge in [-0.3, -0.25) is 14.4 Å². The molecule has 0 aromatic heterocycles. The summed E-state index contributed by atoms with van der Waals surface area (Å²) in [7, 11) is 1.30. The van der Waals surface area contributed by atoms with Crippen LogP contribution in [0.1, 0.15) is 33.6 Å². The number of carbonyl (C=O) groups is 3. The maximum Gasteiger partial charge on any atom is 0.312 e. The maximum atomic E-state index is 12.4. The fourth-order valence-electron chi connectivity index (χ4n) is 3.53. The number of rotatable bonds is 5. The van der Waals surface area contributed by atoms with E-state index < -0.39 is 41.7 Å². The van der Waals surface area contributed by atoms with Crippen LogP contribution in [0.25, 0.3) is 0 Å². The third kappa shape index (κ3) is 2.41. The average molecular weight is 326 g/mol. The monoisotopic (exact) mass is 326 g/mol. The molecule has 3 fully saturated rings. The number of hydrogen-bond acceptors (Lipinski definition) is 7. The van der Waals surface area contributed by atoms with Crippen molar-refractivity contribution in [2.24, 2.45) is 17.3 Å². The highest BCUT2D eigenvalue weighted by atomic mass is 16.7. The smallest absolute Gasteiger partial charge is 0.312 e. The molecule has 23 heavy (non-hydrogen) atoms. The highest BCUT2D eigenvalue weighted by Crippen LogP contribution is 2.52. The van der Waals surface area contributed by atoms with Gasteiger partial charge in [-0.25, -0.2) is 0 Å². The second-order valence-corrected chi connectivity index (χ2v) is 7.04. The predicted octanol–water partition coefficient (Wildman–Crippen LogP) is 0.836. The van der Waals surface area contributed by atoms with Gasteiger partial charge in [-0.1, -0.05) is 6.92 Å². The van der Waals surface area contributed by atoms with Crippen LogP contribution in [0.4, 0.5) is 0 Å². The molecular weight excluding hydrogens is 304 g/mol. The molecule has 0 aliphatic carbocycles. The number of hydrogen-bond donors (Lipinski definition) is 0. The van der Waals surface area contributed by atoms with Gasteiger partial charge in [0.05, 0.1) is 24.9 Å². The molecule has 0 radical (unpaired) electrons. The summed E-state index contributed by atoms with van der Waals surface area (Å²) >= 11 is 0. The Kier molecular flexibility index (Phi) is 3.86. The minimum atomic E-state index is -0.657. The molecule has 3 saturated heterocycles. The molecule has 3 aliphatic rings.